The molecule has 6 aromatic rings. The highest BCUT2D eigenvalue weighted by Crippen LogP contribution is 2.41. The van der Waals surface area contributed by atoms with E-state index in [0.717, 1.165) is 42.0 Å². The Bertz CT molecular complexity index is 3300. The molecule has 83 heavy (non-hydrogen) atoms. The highest BCUT2D eigenvalue weighted by atomic mass is 35.5. The third kappa shape index (κ3) is 16.7. The molecule has 3 aromatic carbocycles. The summed E-state index contributed by atoms with van der Waals surface area (Å²) in [5, 5.41) is 8.73. The minimum absolute atomic E-state index is 0.0372. The first-order chi connectivity index (χ1) is 39.0. The number of likely N-dealkylation sites (tertiary alicyclic amines) is 2. The van der Waals surface area contributed by atoms with Gasteiger partial charge in [0.05, 0.1) is 38.4 Å². The number of urea groups is 2. The van der Waals surface area contributed by atoms with Gasteiger partial charge < -0.3 is 35.4 Å². The number of piperidine rings is 2. The van der Waals surface area contributed by atoms with Gasteiger partial charge in [-0.2, -0.15) is 26.3 Å². The second-order valence-corrected chi connectivity index (χ2v) is 19.9. The van der Waals surface area contributed by atoms with E-state index in [1.165, 1.54) is 54.5 Å². The van der Waals surface area contributed by atoms with E-state index in [1.54, 1.807) is 40.3 Å². The van der Waals surface area contributed by atoms with Crippen LogP contribution >= 0.6 is 23.2 Å². The number of hydrogen-bond acceptors (Lipinski definition) is 8. The van der Waals surface area contributed by atoms with Crippen LogP contribution in [-0.4, -0.2) is 87.3 Å². The van der Waals surface area contributed by atoms with Crippen molar-refractivity contribution in [2.24, 2.45) is 0 Å². The number of hydrogen-bond donors (Lipinski definition) is 3. The number of nitrogens with zero attached hydrogens (tertiary/aromatic N) is 6. The Morgan fingerprint density at radius 3 is 1.63 bits per heavy atom. The number of nitrogens with one attached hydrogen (secondary N) is 3. The van der Waals surface area contributed by atoms with Crippen LogP contribution in [0.4, 0.5) is 83.7 Å². The molecule has 4 amide bonds. The minimum atomic E-state index is -4.78. The summed E-state index contributed by atoms with van der Waals surface area (Å²) in [4.78, 5) is 41.5. The van der Waals surface area contributed by atoms with Gasteiger partial charge in [-0.1, -0.05) is 35.9 Å². The van der Waals surface area contributed by atoms with Crippen molar-refractivity contribution in [3.05, 3.63) is 190 Å². The lowest BCUT2D eigenvalue weighted by molar-refractivity contribution is -0.274. The third-order valence-corrected chi connectivity index (χ3v) is 14.0. The van der Waals surface area contributed by atoms with Gasteiger partial charge >= 0.3 is 30.8 Å². The van der Waals surface area contributed by atoms with Gasteiger partial charge in [0.25, 0.3) is 0 Å². The molecular formula is C56H50Cl2F13N9O3. The van der Waals surface area contributed by atoms with Crippen LogP contribution in [0, 0.1) is 18.6 Å². The highest BCUT2D eigenvalue weighted by molar-refractivity contribution is 6.32. The van der Waals surface area contributed by atoms with Crippen molar-refractivity contribution in [2.45, 2.75) is 69.1 Å². The minimum Gasteiger partial charge on any atom is -0.406 e. The van der Waals surface area contributed by atoms with Gasteiger partial charge in [0.15, 0.2) is 11.3 Å². The molecule has 9 rings (SSSR count). The van der Waals surface area contributed by atoms with Crippen LogP contribution < -0.4 is 20.7 Å². The van der Waals surface area contributed by atoms with Crippen molar-refractivity contribution >= 4 is 57.9 Å². The molecule has 2 fully saturated rings. The summed E-state index contributed by atoms with van der Waals surface area (Å²) in [6.07, 6.45) is -7.05. The molecule has 27 heteroatoms. The van der Waals surface area contributed by atoms with Crippen LogP contribution in [0.1, 0.15) is 65.9 Å². The van der Waals surface area contributed by atoms with Gasteiger partial charge in [-0.15, -0.1) is 13.2 Å². The zero-order valence-electron chi connectivity index (χ0n) is 43.6. The molecule has 6 heterocycles. The zero-order chi connectivity index (χ0) is 60.5. The standard InChI is InChI=1S/C19H17ClF3N3O.C19H17F6N3.C18H16ClF4N3O2/c1-12-11-14(4-5-15(12)19(21,22)23)25-18(27)26-9-6-13(7-10-26)17-16(20)3-2-8-24-17;1-12(27-13-4-5-14(16(21)11-13)19(23,24)25)28-9-6-18(22,7-10-28)17-15(20)3-2-8-26-17;19-14-2-1-9-24-15(14)17(20)7-10-26(11-8-17)16(27)25-12-3-5-13(6-4-12)28-18(21,22)23/h2-6,8,11H,7,9-10H2,1H3,(H,25,27);2-5,8,11,27H,1,6-7,9-10H2;1-6,9H,7-8,10-11H2,(H,25,27). The molecule has 0 radical (unpaired) electrons. The second kappa shape index (κ2) is 26.2. The van der Waals surface area contributed by atoms with E-state index in [0.29, 0.717) is 47.7 Å². The van der Waals surface area contributed by atoms with Crippen molar-refractivity contribution in [3.8, 4) is 5.75 Å². The molecule has 2 saturated heterocycles. The fourth-order valence-electron chi connectivity index (χ4n) is 9.06. The normalized spacial score (nSPS) is 16.0. The first-order valence-electron chi connectivity index (χ1n) is 25.1. The lowest BCUT2D eigenvalue weighted by atomic mass is 9.89. The SMILES string of the molecule is C=C(Nc1ccc(C(F)(F)F)c(F)c1)N1CCC(F)(c2ncccc2F)CC1.Cc1cc(NC(=O)N2CC=C(c3ncccc3Cl)CC2)ccc1C(F)(F)F.O=C(Nc1ccc(OC(F)(F)F)cc1)N1CCC(F)(c2ncccc2Cl)CC1. The number of amides is 4. The fourth-order valence-corrected chi connectivity index (χ4v) is 9.60. The van der Waals surface area contributed by atoms with Crippen LogP contribution in [0.2, 0.25) is 10.0 Å². The molecular weight excluding hydrogens is 1160 g/mol. The van der Waals surface area contributed by atoms with Crippen LogP contribution in [0.5, 0.6) is 5.75 Å². The Morgan fingerprint density at radius 1 is 0.590 bits per heavy atom. The quantitative estimate of drug-likeness (QED) is 0.122. The van der Waals surface area contributed by atoms with Crippen molar-refractivity contribution in [1.82, 2.24) is 29.7 Å². The smallest absolute Gasteiger partial charge is 0.406 e. The van der Waals surface area contributed by atoms with Crippen molar-refractivity contribution in [3.63, 3.8) is 0 Å². The number of aromatic nitrogens is 3. The molecule has 442 valence electrons. The average molecular weight is 1210 g/mol. The lowest BCUT2D eigenvalue weighted by Crippen LogP contribution is -2.45. The van der Waals surface area contributed by atoms with Crippen molar-refractivity contribution < 1.29 is 71.4 Å². The molecule has 0 spiro atoms. The summed E-state index contributed by atoms with van der Waals surface area (Å²) in [7, 11) is 0. The predicted octanol–water partition coefficient (Wildman–Crippen LogP) is 15.7. The molecule has 0 unspecified atom stereocenters. The number of carbonyl (C=O) groups is 2. The Morgan fingerprint density at radius 2 is 1.10 bits per heavy atom. The number of alkyl halides is 11. The van der Waals surface area contributed by atoms with E-state index in [1.807, 2.05) is 6.08 Å². The molecule has 0 atom stereocenters. The molecule has 0 saturated carbocycles. The van der Waals surface area contributed by atoms with E-state index in [2.05, 4.69) is 42.2 Å². The van der Waals surface area contributed by atoms with Gasteiger partial charge in [-0.3, -0.25) is 15.0 Å². The van der Waals surface area contributed by atoms with E-state index in [-0.39, 0.29) is 91.4 Å². The number of halogens is 15. The Hall–Kier alpha value is -7.80. The van der Waals surface area contributed by atoms with Crippen LogP contribution in [0.15, 0.2) is 134 Å². The summed E-state index contributed by atoms with van der Waals surface area (Å²) < 4.78 is 174. The number of pyridine rings is 3. The van der Waals surface area contributed by atoms with E-state index in [9.17, 15) is 57.9 Å². The van der Waals surface area contributed by atoms with Gasteiger partial charge in [-0.05, 0) is 122 Å². The number of rotatable bonds is 9. The molecule has 3 aromatic heterocycles. The highest BCUT2D eigenvalue weighted by Gasteiger charge is 2.42. The summed E-state index contributed by atoms with van der Waals surface area (Å²) >= 11 is 12.2. The lowest BCUT2D eigenvalue weighted by Gasteiger charge is -2.38. The molecule has 0 aliphatic carbocycles. The van der Waals surface area contributed by atoms with E-state index in [4.69, 9.17) is 23.2 Å². The molecule has 3 aliphatic heterocycles. The number of aryl methyl sites for hydroxylation is 1. The Balaban J connectivity index is 0.000000179. The van der Waals surface area contributed by atoms with Crippen molar-refractivity contribution in [2.75, 3.05) is 55.2 Å². The Labute approximate surface area is 477 Å². The zero-order valence-corrected chi connectivity index (χ0v) is 45.1. The predicted molar refractivity (Wildman–Crippen MR) is 286 cm³/mol. The largest absolute Gasteiger partial charge is 0.573 e. The van der Waals surface area contributed by atoms with Crippen LogP contribution in [-0.2, 0) is 23.7 Å². The summed E-state index contributed by atoms with van der Waals surface area (Å²) in [6, 6.07) is 19.1. The maximum Gasteiger partial charge on any atom is 0.573 e. The van der Waals surface area contributed by atoms with E-state index < -0.39 is 64.6 Å². The second-order valence-electron chi connectivity index (χ2n) is 19.1. The van der Waals surface area contributed by atoms with E-state index >= 15 is 8.78 Å². The maximum absolute atomic E-state index is 15.2. The number of benzene rings is 3. The van der Waals surface area contributed by atoms with Gasteiger partial charge in [0.2, 0.25) is 0 Å². The van der Waals surface area contributed by atoms with Crippen LogP contribution in [0.25, 0.3) is 5.57 Å². The molecule has 3 N–H and O–H groups in total. The number of ether oxygens (including phenoxy) is 1. The van der Waals surface area contributed by atoms with Gasteiger partial charge in [0, 0.05) is 101 Å². The third-order valence-electron chi connectivity index (χ3n) is 13.4. The van der Waals surface area contributed by atoms with Crippen LogP contribution in [0.3, 0.4) is 0 Å². The molecule has 12 nitrogen and oxygen atoms in total. The first kappa shape index (κ1) is 62.8. The number of anilines is 3. The topological polar surface area (TPSA) is 128 Å². The summed E-state index contributed by atoms with van der Waals surface area (Å²) in [5.74, 6) is -2.23. The summed E-state index contributed by atoms with van der Waals surface area (Å²) in [5.41, 5.74) is -3.33. The number of carbonyl (C=O) groups excluding carboxylic acids is 2. The van der Waals surface area contributed by atoms with Gasteiger partial charge in [-0.25, -0.2) is 27.2 Å². The summed E-state index contributed by atoms with van der Waals surface area (Å²) in [6.45, 7) is 6.62. The monoisotopic (exact) mass is 1210 g/mol. The van der Waals surface area contributed by atoms with Gasteiger partial charge in [0.1, 0.15) is 23.1 Å². The maximum atomic E-state index is 15.2. The fraction of sp³-hybridized carbons (Fsp3) is 0.304. The first-order valence-corrected chi connectivity index (χ1v) is 25.9. The molecule has 3 aliphatic rings. The molecule has 0 bridgehead atoms. The Kier molecular flexibility index (Phi) is 19.8. The average Bonchev–Trinajstić information content (AvgIpc) is 3.51. The van der Waals surface area contributed by atoms with Crippen molar-refractivity contribution in [1.29, 1.82) is 0 Å².